The summed E-state index contributed by atoms with van der Waals surface area (Å²) >= 11 is 9.29. The van der Waals surface area contributed by atoms with E-state index in [1.165, 1.54) is 0 Å². The predicted molar refractivity (Wildman–Crippen MR) is 105 cm³/mol. The molecular formula is C19H21BrClNO4. The fourth-order valence-electron chi connectivity index (χ4n) is 2.40. The standard InChI is InChI=1S/C19H21BrClNO4/c1-11(15-10-14(24-3)6-8-17(15)25-4)22-19(23)12(2)26-18-7-5-13(21)9-16(18)20/h5-12H,1-4H3,(H,22,23). The Bertz CT molecular complexity index is 784. The highest BCUT2D eigenvalue weighted by molar-refractivity contribution is 9.10. The van der Waals surface area contributed by atoms with E-state index in [1.54, 1.807) is 45.4 Å². The number of rotatable bonds is 7. The van der Waals surface area contributed by atoms with Crippen LogP contribution in [-0.4, -0.2) is 26.2 Å². The normalized spacial score (nSPS) is 12.8. The van der Waals surface area contributed by atoms with Gasteiger partial charge in [0.25, 0.3) is 5.91 Å². The lowest BCUT2D eigenvalue weighted by Gasteiger charge is -2.21. The van der Waals surface area contributed by atoms with Crippen molar-refractivity contribution in [2.24, 2.45) is 0 Å². The molecule has 1 N–H and O–H groups in total. The van der Waals surface area contributed by atoms with Gasteiger partial charge >= 0.3 is 0 Å². The molecule has 0 aliphatic carbocycles. The molecule has 0 heterocycles. The van der Waals surface area contributed by atoms with E-state index in [0.717, 1.165) is 5.56 Å². The van der Waals surface area contributed by atoms with Crippen molar-refractivity contribution in [2.75, 3.05) is 14.2 Å². The van der Waals surface area contributed by atoms with Gasteiger partial charge in [0.05, 0.1) is 24.7 Å². The molecule has 2 rings (SSSR count). The van der Waals surface area contributed by atoms with Gasteiger partial charge in [-0.3, -0.25) is 4.79 Å². The minimum Gasteiger partial charge on any atom is -0.497 e. The summed E-state index contributed by atoms with van der Waals surface area (Å²) < 4.78 is 17.0. The predicted octanol–water partition coefficient (Wildman–Crippen LogP) is 4.76. The molecule has 0 saturated carbocycles. The van der Waals surface area contributed by atoms with Crippen LogP contribution in [0.4, 0.5) is 0 Å². The van der Waals surface area contributed by atoms with Crippen LogP contribution in [0.3, 0.4) is 0 Å². The first-order valence-electron chi connectivity index (χ1n) is 7.99. The minimum absolute atomic E-state index is 0.246. The third-order valence-electron chi connectivity index (χ3n) is 3.83. The fraction of sp³-hybridized carbons (Fsp3) is 0.316. The summed E-state index contributed by atoms with van der Waals surface area (Å²) in [6.07, 6.45) is -0.688. The van der Waals surface area contributed by atoms with Crippen LogP contribution in [0.1, 0.15) is 25.5 Å². The SMILES string of the molecule is COc1ccc(OC)c(C(C)NC(=O)C(C)Oc2ccc(Cl)cc2Br)c1. The number of hydrogen-bond donors (Lipinski definition) is 1. The molecule has 2 atom stereocenters. The van der Waals surface area contributed by atoms with Gasteiger partial charge in [0.15, 0.2) is 6.10 Å². The number of amides is 1. The Labute approximate surface area is 166 Å². The zero-order valence-electron chi connectivity index (χ0n) is 15.0. The molecule has 0 aliphatic rings. The second-order valence-corrected chi connectivity index (χ2v) is 6.96. The van der Waals surface area contributed by atoms with Gasteiger partial charge in [-0.25, -0.2) is 0 Å². The van der Waals surface area contributed by atoms with Gasteiger partial charge in [-0.15, -0.1) is 0 Å². The maximum absolute atomic E-state index is 12.5. The molecule has 2 aromatic rings. The van der Waals surface area contributed by atoms with Crippen molar-refractivity contribution < 1.29 is 19.0 Å². The molecule has 0 fully saturated rings. The second kappa shape index (κ2) is 9.14. The summed E-state index contributed by atoms with van der Waals surface area (Å²) in [5.41, 5.74) is 0.820. The smallest absolute Gasteiger partial charge is 0.261 e. The van der Waals surface area contributed by atoms with Crippen LogP contribution in [0.15, 0.2) is 40.9 Å². The topological polar surface area (TPSA) is 56.8 Å². The minimum atomic E-state index is -0.688. The van der Waals surface area contributed by atoms with Gasteiger partial charge in [-0.1, -0.05) is 11.6 Å². The van der Waals surface area contributed by atoms with Crippen molar-refractivity contribution in [1.82, 2.24) is 5.32 Å². The van der Waals surface area contributed by atoms with Crippen molar-refractivity contribution >= 4 is 33.4 Å². The summed E-state index contributed by atoms with van der Waals surface area (Å²) in [6, 6.07) is 10.3. The first kappa shape index (κ1) is 20.4. The Balaban J connectivity index is 2.08. The van der Waals surface area contributed by atoms with E-state index < -0.39 is 6.10 Å². The molecule has 0 radical (unpaired) electrons. The van der Waals surface area contributed by atoms with Crippen LogP contribution in [-0.2, 0) is 4.79 Å². The van der Waals surface area contributed by atoms with Crippen LogP contribution in [0.5, 0.6) is 17.2 Å². The Hall–Kier alpha value is -1.92. The molecule has 0 aromatic heterocycles. The molecule has 7 heteroatoms. The molecule has 0 bridgehead atoms. The number of carbonyl (C=O) groups is 1. The maximum atomic E-state index is 12.5. The van der Waals surface area contributed by atoms with E-state index in [2.05, 4.69) is 21.2 Å². The van der Waals surface area contributed by atoms with E-state index in [9.17, 15) is 4.79 Å². The van der Waals surface area contributed by atoms with Gasteiger partial charge < -0.3 is 19.5 Å². The zero-order valence-corrected chi connectivity index (χ0v) is 17.3. The van der Waals surface area contributed by atoms with Crippen LogP contribution >= 0.6 is 27.5 Å². The Kier molecular flexibility index (Phi) is 7.17. The van der Waals surface area contributed by atoms with E-state index in [4.69, 9.17) is 25.8 Å². The largest absolute Gasteiger partial charge is 0.497 e. The van der Waals surface area contributed by atoms with E-state index >= 15 is 0 Å². The van der Waals surface area contributed by atoms with E-state index in [0.29, 0.717) is 26.7 Å². The fourth-order valence-corrected chi connectivity index (χ4v) is 3.18. The van der Waals surface area contributed by atoms with Crippen LogP contribution in [0.2, 0.25) is 5.02 Å². The van der Waals surface area contributed by atoms with Gasteiger partial charge in [0.1, 0.15) is 17.2 Å². The van der Waals surface area contributed by atoms with Crippen molar-refractivity contribution in [2.45, 2.75) is 26.0 Å². The Morgan fingerprint density at radius 3 is 2.38 bits per heavy atom. The zero-order chi connectivity index (χ0) is 19.3. The highest BCUT2D eigenvalue weighted by Gasteiger charge is 2.21. The molecule has 0 saturated heterocycles. The molecule has 2 unspecified atom stereocenters. The molecule has 0 aliphatic heterocycles. The molecule has 140 valence electrons. The first-order chi connectivity index (χ1) is 12.3. The molecular weight excluding hydrogens is 422 g/mol. The number of ether oxygens (including phenoxy) is 3. The van der Waals surface area contributed by atoms with Gasteiger partial charge in [0.2, 0.25) is 0 Å². The molecule has 5 nitrogen and oxygen atoms in total. The lowest BCUT2D eigenvalue weighted by atomic mass is 10.1. The van der Waals surface area contributed by atoms with Gasteiger partial charge in [-0.2, -0.15) is 0 Å². The van der Waals surface area contributed by atoms with Crippen molar-refractivity contribution in [3.8, 4) is 17.2 Å². The maximum Gasteiger partial charge on any atom is 0.261 e. The average Bonchev–Trinajstić information content (AvgIpc) is 2.63. The summed E-state index contributed by atoms with van der Waals surface area (Å²) in [6.45, 7) is 3.56. The van der Waals surface area contributed by atoms with E-state index in [1.807, 2.05) is 19.1 Å². The lowest BCUT2D eigenvalue weighted by molar-refractivity contribution is -0.127. The number of carbonyl (C=O) groups excluding carboxylic acids is 1. The van der Waals surface area contributed by atoms with Crippen molar-refractivity contribution in [3.63, 3.8) is 0 Å². The van der Waals surface area contributed by atoms with E-state index in [-0.39, 0.29) is 11.9 Å². The Morgan fingerprint density at radius 2 is 1.77 bits per heavy atom. The first-order valence-corrected chi connectivity index (χ1v) is 9.16. The Morgan fingerprint density at radius 1 is 1.08 bits per heavy atom. The van der Waals surface area contributed by atoms with Crippen molar-refractivity contribution in [3.05, 3.63) is 51.5 Å². The lowest BCUT2D eigenvalue weighted by Crippen LogP contribution is -2.37. The highest BCUT2D eigenvalue weighted by atomic mass is 79.9. The summed E-state index contributed by atoms with van der Waals surface area (Å²) in [5, 5.41) is 3.52. The number of benzene rings is 2. The number of hydrogen-bond acceptors (Lipinski definition) is 4. The van der Waals surface area contributed by atoms with Crippen LogP contribution < -0.4 is 19.5 Å². The van der Waals surface area contributed by atoms with Gasteiger partial charge in [-0.05, 0) is 66.2 Å². The molecule has 0 spiro atoms. The monoisotopic (exact) mass is 441 g/mol. The summed E-state index contributed by atoms with van der Waals surface area (Å²) in [5.74, 6) is 1.66. The van der Waals surface area contributed by atoms with Gasteiger partial charge in [0, 0.05) is 10.6 Å². The number of methoxy groups -OCH3 is 2. The van der Waals surface area contributed by atoms with Crippen molar-refractivity contribution in [1.29, 1.82) is 0 Å². The summed E-state index contributed by atoms with van der Waals surface area (Å²) in [4.78, 5) is 12.5. The average molecular weight is 443 g/mol. The third-order valence-corrected chi connectivity index (χ3v) is 4.68. The number of nitrogens with one attached hydrogen (secondary N) is 1. The highest BCUT2D eigenvalue weighted by Crippen LogP contribution is 2.30. The molecule has 1 amide bonds. The molecule has 26 heavy (non-hydrogen) atoms. The quantitative estimate of drug-likeness (QED) is 0.671. The molecule has 2 aromatic carbocycles. The second-order valence-electron chi connectivity index (χ2n) is 5.67. The third kappa shape index (κ3) is 5.05. The van der Waals surface area contributed by atoms with Crippen LogP contribution in [0, 0.1) is 0 Å². The summed E-state index contributed by atoms with van der Waals surface area (Å²) in [7, 11) is 3.18. The number of halogens is 2. The van der Waals surface area contributed by atoms with Crippen LogP contribution in [0.25, 0.3) is 0 Å².